The van der Waals surface area contributed by atoms with Crippen LogP contribution in [0.3, 0.4) is 0 Å². The van der Waals surface area contributed by atoms with Gasteiger partial charge in [-0.15, -0.1) is 5.10 Å². The number of fused-ring (bicyclic) bond motifs is 1. The van der Waals surface area contributed by atoms with E-state index in [0.717, 1.165) is 36.3 Å². The van der Waals surface area contributed by atoms with E-state index in [1.807, 2.05) is 6.20 Å². The van der Waals surface area contributed by atoms with Gasteiger partial charge in [0.25, 0.3) is 0 Å². The minimum absolute atomic E-state index is 0.105. The first-order valence-corrected chi connectivity index (χ1v) is 9.70. The van der Waals surface area contributed by atoms with E-state index in [1.165, 1.54) is 0 Å². The molecule has 2 N–H and O–H groups in total. The molecular formula is C18H23FN8O. The maximum absolute atomic E-state index is 14.1. The average molecular weight is 386 g/mol. The summed E-state index contributed by atoms with van der Waals surface area (Å²) in [5.74, 6) is 0.411. The number of alkyl halides is 1. The molecule has 3 aromatic rings. The van der Waals surface area contributed by atoms with Crippen LogP contribution in [0.1, 0.15) is 26.2 Å². The van der Waals surface area contributed by atoms with Crippen LogP contribution in [0.25, 0.3) is 16.9 Å². The highest BCUT2D eigenvalue weighted by molar-refractivity contribution is 5.85. The van der Waals surface area contributed by atoms with Gasteiger partial charge >= 0.3 is 0 Å². The van der Waals surface area contributed by atoms with Crippen LogP contribution in [-0.2, 0) is 4.74 Å². The lowest BCUT2D eigenvalue weighted by atomic mass is 10.1. The Morgan fingerprint density at radius 1 is 1.36 bits per heavy atom. The Hall–Kier alpha value is -2.75. The Bertz CT molecular complexity index is 958. The SMILES string of the molecule is C[C@@H]1CCCN1c1c(-c2cn[nH]c2)ncn2nc(N[C@H]3CCOC[C@H]3F)nc12. The second kappa shape index (κ2) is 7.01. The first-order valence-electron chi connectivity index (χ1n) is 9.70. The standard InChI is InChI=1S/C18H23FN8O/c1-11-3-2-5-26(11)16-15(12-7-21-22-8-12)20-10-27-17(16)24-18(25-27)23-14-4-6-28-9-13(14)19/h7-8,10-11,13-14H,2-6,9H2,1H3,(H,21,22)(H,23,25)/t11-,13-,14+/m1/s1. The van der Waals surface area contributed by atoms with Gasteiger partial charge in [0, 0.05) is 31.0 Å². The van der Waals surface area contributed by atoms with E-state index >= 15 is 0 Å². The number of H-pyrrole nitrogens is 1. The van der Waals surface area contributed by atoms with Crippen molar-refractivity contribution in [2.45, 2.75) is 44.4 Å². The molecule has 0 radical (unpaired) electrons. The highest BCUT2D eigenvalue weighted by Gasteiger charge is 2.30. The van der Waals surface area contributed by atoms with Gasteiger partial charge in [-0.1, -0.05) is 0 Å². The van der Waals surface area contributed by atoms with Crippen molar-refractivity contribution in [3.8, 4) is 11.3 Å². The lowest BCUT2D eigenvalue weighted by Gasteiger charge is -2.26. The normalized spacial score (nSPS) is 25.5. The molecule has 2 aliphatic heterocycles. The molecule has 3 atom stereocenters. The fourth-order valence-corrected chi connectivity index (χ4v) is 4.06. The summed E-state index contributed by atoms with van der Waals surface area (Å²) in [6.07, 6.45) is 7.00. The summed E-state index contributed by atoms with van der Waals surface area (Å²) in [5, 5.41) is 14.6. The molecule has 0 saturated carbocycles. The quantitative estimate of drug-likeness (QED) is 0.708. The summed E-state index contributed by atoms with van der Waals surface area (Å²) < 4.78 is 21.0. The Labute approximate surface area is 161 Å². The molecule has 5 heterocycles. The van der Waals surface area contributed by atoms with Crippen LogP contribution in [0.4, 0.5) is 16.0 Å². The third kappa shape index (κ3) is 2.97. The summed E-state index contributed by atoms with van der Waals surface area (Å²) in [6.45, 7) is 3.79. The molecule has 0 spiro atoms. The zero-order valence-electron chi connectivity index (χ0n) is 15.7. The molecule has 0 aliphatic carbocycles. The van der Waals surface area contributed by atoms with Crippen molar-refractivity contribution in [1.82, 2.24) is 29.8 Å². The Morgan fingerprint density at radius 3 is 3.04 bits per heavy atom. The zero-order valence-corrected chi connectivity index (χ0v) is 15.7. The molecule has 0 aromatic carbocycles. The van der Waals surface area contributed by atoms with Crippen LogP contribution in [-0.4, -0.2) is 67.8 Å². The second-order valence-corrected chi connectivity index (χ2v) is 7.45. The minimum atomic E-state index is -1.07. The first kappa shape index (κ1) is 17.4. The van der Waals surface area contributed by atoms with Gasteiger partial charge in [0.1, 0.15) is 23.9 Å². The number of ether oxygens (including phenoxy) is 1. The number of aromatic amines is 1. The molecule has 2 saturated heterocycles. The summed E-state index contributed by atoms with van der Waals surface area (Å²) in [4.78, 5) is 11.7. The van der Waals surface area contributed by atoms with Crippen molar-refractivity contribution < 1.29 is 9.13 Å². The second-order valence-electron chi connectivity index (χ2n) is 7.45. The lowest BCUT2D eigenvalue weighted by Crippen LogP contribution is -2.39. The minimum Gasteiger partial charge on any atom is -0.378 e. The first-order chi connectivity index (χ1) is 13.7. The Balaban J connectivity index is 1.58. The van der Waals surface area contributed by atoms with E-state index in [0.29, 0.717) is 30.7 Å². The number of hydrogen-bond donors (Lipinski definition) is 2. The highest BCUT2D eigenvalue weighted by atomic mass is 19.1. The molecule has 2 fully saturated rings. The Morgan fingerprint density at radius 2 is 2.29 bits per heavy atom. The molecule has 5 rings (SSSR count). The summed E-state index contributed by atoms with van der Waals surface area (Å²) in [7, 11) is 0. The number of aromatic nitrogens is 6. The van der Waals surface area contributed by atoms with E-state index in [4.69, 9.17) is 9.72 Å². The number of nitrogens with zero attached hydrogens (tertiary/aromatic N) is 6. The van der Waals surface area contributed by atoms with Gasteiger partial charge in [-0.3, -0.25) is 5.10 Å². The van der Waals surface area contributed by atoms with Crippen LogP contribution in [0.2, 0.25) is 0 Å². The number of nitrogens with one attached hydrogen (secondary N) is 2. The predicted molar refractivity (Wildman–Crippen MR) is 102 cm³/mol. The molecule has 28 heavy (non-hydrogen) atoms. The monoisotopic (exact) mass is 386 g/mol. The van der Waals surface area contributed by atoms with Crippen LogP contribution >= 0.6 is 0 Å². The van der Waals surface area contributed by atoms with Gasteiger partial charge in [-0.2, -0.15) is 14.6 Å². The largest absolute Gasteiger partial charge is 0.378 e. The Kier molecular flexibility index (Phi) is 4.34. The molecular weight excluding hydrogens is 363 g/mol. The number of halogens is 1. The smallest absolute Gasteiger partial charge is 0.243 e. The van der Waals surface area contributed by atoms with Crippen LogP contribution < -0.4 is 10.2 Å². The van der Waals surface area contributed by atoms with Gasteiger partial charge in [-0.05, 0) is 26.2 Å². The molecule has 9 nitrogen and oxygen atoms in total. The third-order valence-electron chi connectivity index (χ3n) is 5.58. The van der Waals surface area contributed by atoms with E-state index < -0.39 is 6.17 Å². The lowest BCUT2D eigenvalue weighted by molar-refractivity contribution is 0.0284. The van der Waals surface area contributed by atoms with Crippen molar-refractivity contribution >= 4 is 17.3 Å². The van der Waals surface area contributed by atoms with Crippen molar-refractivity contribution in [1.29, 1.82) is 0 Å². The molecule has 0 bridgehead atoms. The number of hydrogen-bond acceptors (Lipinski definition) is 7. The van der Waals surface area contributed by atoms with Gasteiger partial charge in [0.2, 0.25) is 5.95 Å². The van der Waals surface area contributed by atoms with E-state index in [-0.39, 0.29) is 12.6 Å². The van der Waals surface area contributed by atoms with Crippen LogP contribution in [0, 0.1) is 0 Å². The van der Waals surface area contributed by atoms with E-state index in [9.17, 15) is 4.39 Å². The van der Waals surface area contributed by atoms with Gasteiger partial charge in [0.15, 0.2) is 5.65 Å². The summed E-state index contributed by atoms with van der Waals surface area (Å²) >= 11 is 0. The predicted octanol–water partition coefficient (Wildman–Crippen LogP) is 2.04. The molecule has 2 aliphatic rings. The van der Waals surface area contributed by atoms with Gasteiger partial charge in [-0.25, -0.2) is 9.37 Å². The van der Waals surface area contributed by atoms with Crippen molar-refractivity contribution in [2.75, 3.05) is 30.0 Å². The maximum Gasteiger partial charge on any atom is 0.243 e. The number of anilines is 2. The van der Waals surface area contributed by atoms with Gasteiger partial charge < -0.3 is 15.0 Å². The molecule has 0 amide bonds. The molecule has 0 unspecified atom stereocenters. The fourth-order valence-electron chi connectivity index (χ4n) is 4.06. The topological polar surface area (TPSA) is 96.3 Å². The fraction of sp³-hybridized carbons (Fsp3) is 0.556. The zero-order chi connectivity index (χ0) is 19.1. The average Bonchev–Trinajstić information content (AvgIpc) is 3.43. The third-order valence-corrected chi connectivity index (χ3v) is 5.58. The van der Waals surface area contributed by atoms with Crippen molar-refractivity contribution in [3.05, 3.63) is 18.7 Å². The summed E-state index contributed by atoms with van der Waals surface area (Å²) in [6, 6.07) is 0.0408. The summed E-state index contributed by atoms with van der Waals surface area (Å²) in [5.41, 5.74) is 3.38. The molecule has 10 heteroatoms. The maximum atomic E-state index is 14.1. The van der Waals surface area contributed by atoms with Crippen LogP contribution in [0.15, 0.2) is 18.7 Å². The van der Waals surface area contributed by atoms with E-state index in [2.05, 4.69) is 37.4 Å². The highest BCUT2D eigenvalue weighted by Crippen LogP contribution is 2.36. The molecule has 148 valence electrons. The van der Waals surface area contributed by atoms with E-state index in [1.54, 1.807) is 17.0 Å². The molecule has 3 aromatic heterocycles. The van der Waals surface area contributed by atoms with Crippen molar-refractivity contribution in [3.63, 3.8) is 0 Å². The number of rotatable bonds is 4. The van der Waals surface area contributed by atoms with Crippen molar-refractivity contribution in [2.24, 2.45) is 0 Å². The van der Waals surface area contributed by atoms with Crippen LogP contribution in [0.5, 0.6) is 0 Å². The van der Waals surface area contributed by atoms with Gasteiger partial charge in [0.05, 0.1) is 18.8 Å².